The number of benzene rings is 1. The Morgan fingerprint density at radius 1 is 1.50 bits per heavy atom. The highest BCUT2D eigenvalue weighted by atomic mass is 16.4. The zero-order chi connectivity index (χ0) is 13.3. The number of anilines is 1. The summed E-state index contributed by atoms with van der Waals surface area (Å²) in [4.78, 5) is 13.4. The summed E-state index contributed by atoms with van der Waals surface area (Å²) < 4.78 is 0. The van der Waals surface area contributed by atoms with Gasteiger partial charge in [-0.2, -0.15) is 0 Å². The fourth-order valence-electron chi connectivity index (χ4n) is 2.54. The first-order valence-electron chi connectivity index (χ1n) is 6.28. The molecule has 1 aliphatic rings. The van der Waals surface area contributed by atoms with Crippen molar-refractivity contribution in [3.05, 3.63) is 29.3 Å². The number of nitrogens with zero attached hydrogens (tertiary/aromatic N) is 1. The largest absolute Gasteiger partial charge is 0.478 e. The van der Waals surface area contributed by atoms with Crippen molar-refractivity contribution in [2.75, 3.05) is 18.9 Å². The lowest BCUT2D eigenvalue weighted by atomic mass is 10.1. The second-order valence-corrected chi connectivity index (χ2v) is 5.15. The average molecular weight is 248 g/mol. The third kappa shape index (κ3) is 2.48. The van der Waals surface area contributed by atoms with Crippen LogP contribution in [0.25, 0.3) is 0 Å². The number of carbonyl (C=O) groups is 1. The van der Waals surface area contributed by atoms with Gasteiger partial charge in [0.05, 0.1) is 5.56 Å². The number of carboxylic acids is 1. The van der Waals surface area contributed by atoms with E-state index in [1.165, 1.54) is 0 Å². The lowest BCUT2D eigenvalue weighted by molar-refractivity contribution is 0.0696. The Kier molecular flexibility index (Phi) is 3.57. The van der Waals surface area contributed by atoms with E-state index in [4.69, 9.17) is 5.11 Å². The third-order valence-electron chi connectivity index (χ3n) is 3.81. The summed E-state index contributed by atoms with van der Waals surface area (Å²) in [5, 5.41) is 12.6. The Morgan fingerprint density at radius 3 is 2.78 bits per heavy atom. The summed E-state index contributed by atoms with van der Waals surface area (Å²) in [6.07, 6.45) is 1.09. The zero-order valence-corrected chi connectivity index (χ0v) is 11.1. The predicted molar refractivity (Wildman–Crippen MR) is 72.3 cm³/mol. The van der Waals surface area contributed by atoms with Gasteiger partial charge in [-0.15, -0.1) is 0 Å². The van der Waals surface area contributed by atoms with Crippen LogP contribution < -0.4 is 5.32 Å². The number of aromatic carboxylic acids is 1. The smallest absolute Gasteiger partial charge is 0.336 e. The van der Waals surface area contributed by atoms with Crippen LogP contribution in [0.3, 0.4) is 0 Å². The number of likely N-dealkylation sites (tertiary alicyclic amines) is 1. The van der Waals surface area contributed by atoms with Gasteiger partial charge in [0, 0.05) is 24.3 Å². The second-order valence-electron chi connectivity index (χ2n) is 5.15. The topological polar surface area (TPSA) is 52.6 Å². The first kappa shape index (κ1) is 12.9. The van der Waals surface area contributed by atoms with E-state index in [9.17, 15) is 4.79 Å². The molecule has 0 aromatic heterocycles. The Bertz CT molecular complexity index is 449. The molecule has 0 bridgehead atoms. The fraction of sp³-hybridized carbons (Fsp3) is 0.500. The number of rotatable bonds is 3. The van der Waals surface area contributed by atoms with Crippen molar-refractivity contribution in [3.63, 3.8) is 0 Å². The molecule has 0 amide bonds. The maximum absolute atomic E-state index is 11.1. The summed E-state index contributed by atoms with van der Waals surface area (Å²) in [6.45, 7) is 5.06. The first-order valence-corrected chi connectivity index (χ1v) is 6.28. The predicted octanol–water partition coefficient (Wildman–Crippen LogP) is 2.20. The van der Waals surface area contributed by atoms with Gasteiger partial charge in [0.15, 0.2) is 0 Å². The monoisotopic (exact) mass is 248 g/mol. The van der Waals surface area contributed by atoms with Crippen molar-refractivity contribution in [1.29, 1.82) is 0 Å². The lowest BCUT2D eigenvalue weighted by Gasteiger charge is -2.17. The van der Waals surface area contributed by atoms with Crippen molar-refractivity contribution < 1.29 is 9.90 Å². The van der Waals surface area contributed by atoms with Crippen LogP contribution in [0.1, 0.15) is 29.3 Å². The van der Waals surface area contributed by atoms with Crippen molar-refractivity contribution in [2.24, 2.45) is 0 Å². The SMILES string of the molecule is Cc1c(NC2CC(C)N(C)C2)cccc1C(=O)O. The Hall–Kier alpha value is -1.55. The molecule has 18 heavy (non-hydrogen) atoms. The molecule has 1 saturated heterocycles. The normalized spacial score (nSPS) is 24.2. The number of hydrogen-bond donors (Lipinski definition) is 2. The quantitative estimate of drug-likeness (QED) is 0.861. The molecule has 4 nitrogen and oxygen atoms in total. The van der Waals surface area contributed by atoms with E-state index in [0.717, 1.165) is 24.2 Å². The Balaban J connectivity index is 2.15. The highest BCUT2D eigenvalue weighted by Gasteiger charge is 2.26. The van der Waals surface area contributed by atoms with E-state index in [0.29, 0.717) is 17.6 Å². The van der Waals surface area contributed by atoms with Gasteiger partial charge in [-0.1, -0.05) is 6.07 Å². The van der Waals surface area contributed by atoms with Crippen molar-refractivity contribution >= 4 is 11.7 Å². The molecule has 0 saturated carbocycles. The molecule has 1 aliphatic heterocycles. The van der Waals surface area contributed by atoms with Gasteiger partial charge in [-0.05, 0) is 45.0 Å². The van der Waals surface area contributed by atoms with Crippen LogP contribution in [0.4, 0.5) is 5.69 Å². The van der Waals surface area contributed by atoms with Gasteiger partial charge in [-0.3, -0.25) is 0 Å². The molecule has 1 heterocycles. The van der Waals surface area contributed by atoms with Gasteiger partial charge in [-0.25, -0.2) is 4.79 Å². The van der Waals surface area contributed by atoms with Crippen LogP contribution >= 0.6 is 0 Å². The summed E-state index contributed by atoms with van der Waals surface area (Å²) in [5.74, 6) is -0.868. The van der Waals surface area contributed by atoms with Crippen molar-refractivity contribution in [2.45, 2.75) is 32.4 Å². The standard InChI is InChI=1S/C14H20N2O2/c1-9-7-11(8-16(9)3)15-13-6-4-5-12(10(13)2)14(17)18/h4-6,9,11,15H,7-8H2,1-3H3,(H,17,18). The van der Waals surface area contributed by atoms with Gasteiger partial charge >= 0.3 is 5.97 Å². The molecule has 0 aliphatic carbocycles. The number of carboxylic acid groups (broad SMARTS) is 1. The molecule has 2 atom stereocenters. The maximum Gasteiger partial charge on any atom is 0.336 e. The van der Waals surface area contributed by atoms with Crippen molar-refractivity contribution in [1.82, 2.24) is 4.90 Å². The molecular formula is C14H20N2O2. The summed E-state index contributed by atoms with van der Waals surface area (Å²) in [6, 6.07) is 6.36. The van der Waals surface area contributed by atoms with Gasteiger partial charge in [0.1, 0.15) is 0 Å². The Morgan fingerprint density at radius 2 is 2.22 bits per heavy atom. The first-order chi connectivity index (χ1) is 8.49. The second kappa shape index (κ2) is 4.98. The lowest BCUT2D eigenvalue weighted by Crippen LogP contribution is -2.25. The van der Waals surface area contributed by atoms with Crippen LogP contribution in [0.15, 0.2) is 18.2 Å². The van der Waals surface area contributed by atoms with Gasteiger partial charge in [0.25, 0.3) is 0 Å². The molecule has 1 aromatic carbocycles. The van der Waals surface area contributed by atoms with Gasteiger partial charge < -0.3 is 15.3 Å². The van der Waals surface area contributed by atoms with Crippen molar-refractivity contribution in [3.8, 4) is 0 Å². The summed E-state index contributed by atoms with van der Waals surface area (Å²) in [7, 11) is 2.12. The van der Waals surface area contributed by atoms with E-state index < -0.39 is 5.97 Å². The maximum atomic E-state index is 11.1. The van der Waals surface area contributed by atoms with Gasteiger partial charge in [0.2, 0.25) is 0 Å². The minimum atomic E-state index is -0.868. The molecule has 2 rings (SSSR count). The van der Waals surface area contributed by atoms with Crippen LogP contribution in [0.5, 0.6) is 0 Å². The highest BCUT2D eigenvalue weighted by molar-refractivity contribution is 5.91. The molecule has 0 spiro atoms. The summed E-state index contributed by atoms with van der Waals surface area (Å²) in [5.41, 5.74) is 2.12. The number of hydrogen-bond acceptors (Lipinski definition) is 3. The van der Waals surface area contributed by atoms with Crippen LogP contribution in [-0.2, 0) is 0 Å². The zero-order valence-electron chi connectivity index (χ0n) is 11.1. The van der Waals surface area contributed by atoms with Crippen LogP contribution in [0.2, 0.25) is 0 Å². The van der Waals surface area contributed by atoms with E-state index in [-0.39, 0.29) is 0 Å². The summed E-state index contributed by atoms with van der Waals surface area (Å²) >= 11 is 0. The highest BCUT2D eigenvalue weighted by Crippen LogP contribution is 2.24. The Labute approximate surface area is 108 Å². The molecule has 98 valence electrons. The fourth-order valence-corrected chi connectivity index (χ4v) is 2.54. The molecule has 0 radical (unpaired) electrons. The van der Waals surface area contributed by atoms with E-state index in [2.05, 4.69) is 24.2 Å². The molecule has 4 heteroatoms. The van der Waals surface area contributed by atoms with Crippen LogP contribution in [-0.4, -0.2) is 41.7 Å². The molecule has 2 N–H and O–H groups in total. The molecule has 2 unspecified atom stereocenters. The average Bonchev–Trinajstić information content (AvgIpc) is 2.60. The molecular weight excluding hydrogens is 228 g/mol. The third-order valence-corrected chi connectivity index (χ3v) is 3.81. The number of nitrogens with one attached hydrogen (secondary N) is 1. The minimum Gasteiger partial charge on any atom is -0.478 e. The molecule has 1 aromatic rings. The van der Waals surface area contributed by atoms with E-state index in [1.54, 1.807) is 12.1 Å². The van der Waals surface area contributed by atoms with E-state index >= 15 is 0 Å². The molecule has 1 fully saturated rings. The minimum absolute atomic E-state index is 0.374. The van der Waals surface area contributed by atoms with Crippen LogP contribution in [0, 0.1) is 6.92 Å². The van der Waals surface area contributed by atoms with E-state index in [1.807, 2.05) is 13.0 Å². The number of likely N-dealkylation sites (N-methyl/N-ethyl adjacent to an activating group) is 1.